The number of carbonyl (C=O) groups excluding carboxylic acids is 2. The molecule has 1 N–H and O–H groups in total. The molecule has 1 heterocycles. The Balaban J connectivity index is 1.71. The van der Waals surface area contributed by atoms with E-state index in [1.165, 1.54) is 16.0 Å². The van der Waals surface area contributed by atoms with Gasteiger partial charge in [0.05, 0.1) is 6.54 Å². The zero-order chi connectivity index (χ0) is 13.0. The third kappa shape index (κ3) is 3.26. The van der Waals surface area contributed by atoms with E-state index >= 15 is 0 Å². The Labute approximate surface area is 111 Å². The topological polar surface area (TPSA) is 49.4 Å². The average molecular weight is 264 g/mol. The molecule has 0 aromatic heterocycles. The number of urea groups is 1. The van der Waals surface area contributed by atoms with E-state index in [4.69, 9.17) is 0 Å². The van der Waals surface area contributed by atoms with E-state index in [0.29, 0.717) is 6.54 Å². The van der Waals surface area contributed by atoms with Crippen LogP contribution in [0.2, 0.25) is 0 Å². The Hall–Kier alpha value is -1.49. The van der Waals surface area contributed by atoms with Gasteiger partial charge in [0.2, 0.25) is 5.91 Å². The van der Waals surface area contributed by atoms with Gasteiger partial charge in [0.1, 0.15) is 0 Å². The van der Waals surface area contributed by atoms with Crippen LogP contribution in [-0.2, 0) is 10.5 Å². The van der Waals surface area contributed by atoms with Gasteiger partial charge >= 0.3 is 6.03 Å². The summed E-state index contributed by atoms with van der Waals surface area (Å²) in [5.74, 6) is 1.55. The summed E-state index contributed by atoms with van der Waals surface area (Å²) in [6.07, 6.45) is 0. The molecule has 0 atom stereocenters. The minimum absolute atomic E-state index is 0.129. The molecule has 1 aliphatic heterocycles. The van der Waals surface area contributed by atoms with Crippen LogP contribution in [0.25, 0.3) is 0 Å². The lowest BCUT2D eigenvalue weighted by Crippen LogP contribution is -2.32. The van der Waals surface area contributed by atoms with Crippen LogP contribution in [0.1, 0.15) is 11.1 Å². The maximum atomic E-state index is 11.3. The van der Waals surface area contributed by atoms with E-state index in [0.717, 1.165) is 11.5 Å². The van der Waals surface area contributed by atoms with Crippen molar-refractivity contribution in [2.24, 2.45) is 0 Å². The molecule has 5 heteroatoms. The minimum atomic E-state index is -0.268. The monoisotopic (exact) mass is 264 g/mol. The summed E-state index contributed by atoms with van der Waals surface area (Å²) in [5.41, 5.74) is 2.52. The highest BCUT2D eigenvalue weighted by Gasteiger charge is 2.27. The minimum Gasteiger partial charge on any atom is -0.329 e. The predicted molar refractivity (Wildman–Crippen MR) is 72.5 cm³/mol. The van der Waals surface area contributed by atoms with Crippen molar-refractivity contribution in [2.75, 3.05) is 18.8 Å². The molecule has 0 saturated carbocycles. The quantitative estimate of drug-likeness (QED) is 0.651. The van der Waals surface area contributed by atoms with Crippen LogP contribution in [0.5, 0.6) is 0 Å². The number of rotatable bonds is 5. The van der Waals surface area contributed by atoms with Gasteiger partial charge in [-0.2, -0.15) is 11.8 Å². The highest BCUT2D eigenvalue weighted by atomic mass is 32.2. The predicted octanol–water partition coefficient (Wildman–Crippen LogP) is 1.78. The van der Waals surface area contributed by atoms with Crippen LogP contribution in [0.3, 0.4) is 0 Å². The van der Waals surface area contributed by atoms with E-state index in [-0.39, 0.29) is 18.5 Å². The smallest absolute Gasteiger partial charge is 0.324 e. The number of imide groups is 1. The lowest BCUT2D eigenvalue weighted by molar-refractivity contribution is -0.124. The summed E-state index contributed by atoms with van der Waals surface area (Å²) in [6, 6.07) is 8.13. The maximum absolute atomic E-state index is 11.3. The maximum Gasteiger partial charge on any atom is 0.324 e. The third-order valence-electron chi connectivity index (χ3n) is 2.79. The second kappa shape index (κ2) is 5.91. The number of hydrogen-bond donors (Lipinski definition) is 1. The van der Waals surface area contributed by atoms with Gasteiger partial charge in [0.25, 0.3) is 0 Å². The lowest BCUT2D eigenvalue weighted by Gasteiger charge is -2.11. The van der Waals surface area contributed by atoms with E-state index in [2.05, 4.69) is 36.5 Å². The molecule has 0 spiro atoms. The molecule has 18 heavy (non-hydrogen) atoms. The highest BCUT2D eigenvalue weighted by Crippen LogP contribution is 2.13. The molecule has 0 bridgehead atoms. The normalized spacial score (nSPS) is 15.1. The standard InChI is InChI=1S/C13H16N2O2S/c1-10-2-4-11(5-3-10)9-18-7-6-15-12(16)8-14-13(15)17/h2-5H,6-9H2,1H3,(H,14,17). The molecule has 1 aromatic rings. The molecule has 0 aliphatic carbocycles. The summed E-state index contributed by atoms with van der Waals surface area (Å²) in [5, 5.41) is 2.51. The first-order valence-corrected chi connectivity index (χ1v) is 7.04. The van der Waals surface area contributed by atoms with E-state index in [1.807, 2.05) is 0 Å². The van der Waals surface area contributed by atoms with Gasteiger partial charge in [-0.3, -0.25) is 9.69 Å². The molecule has 0 unspecified atom stereocenters. The molecule has 1 aromatic carbocycles. The molecule has 2 rings (SSSR count). The molecule has 96 valence electrons. The summed E-state index contributed by atoms with van der Waals surface area (Å²) in [4.78, 5) is 23.9. The first kappa shape index (κ1) is 13.0. The Morgan fingerprint density at radius 1 is 1.28 bits per heavy atom. The molecule has 1 aliphatic rings. The van der Waals surface area contributed by atoms with E-state index in [1.54, 1.807) is 11.8 Å². The van der Waals surface area contributed by atoms with Gasteiger partial charge in [-0.15, -0.1) is 0 Å². The largest absolute Gasteiger partial charge is 0.329 e. The number of aryl methyl sites for hydroxylation is 1. The third-order valence-corrected chi connectivity index (χ3v) is 3.79. The summed E-state index contributed by atoms with van der Waals surface area (Å²) in [6.45, 7) is 2.69. The van der Waals surface area contributed by atoms with Crippen molar-refractivity contribution in [3.63, 3.8) is 0 Å². The number of hydrogen-bond acceptors (Lipinski definition) is 3. The van der Waals surface area contributed by atoms with Crippen LogP contribution in [0, 0.1) is 6.92 Å². The van der Waals surface area contributed by atoms with Crippen molar-refractivity contribution in [2.45, 2.75) is 12.7 Å². The average Bonchev–Trinajstić information content (AvgIpc) is 2.68. The number of carbonyl (C=O) groups is 2. The lowest BCUT2D eigenvalue weighted by atomic mass is 10.2. The van der Waals surface area contributed by atoms with Crippen molar-refractivity contribution in [3.8, 4) is 0 Å². The fraction of sp³-hybridized carbons (Fsp3) is 0.385. The molecule has 0 radical (unpaired) electrons. The van der Waals surface area contributed by atoms with Gasteiger partial charge in [0.15, 0.2) is 0 Å². The SMILES string of the molecule is Cc1ccc(CSCCN2C(=O)CNC2=O)cc1. The fourth-order valence-electron chi connectivity index (χ4n) is 1.71. The number of nitrogens with one attached hydrogen (secondary N) is 1. The molecule has 3 amide bonds. The van der Waals surface area contributed by atoms with Gasteiger partial charge in [-0.25, -0.2) is 4.79 Å². The Kier molecular flexibility index (Phi) is 4.25. The fourth-order valence-corrected chi connectivity index (χ4v) is 2.60. The van der Waals surface area contributed by atoms with E-state index < -0.39 is 0 Å². The van der Waals surface area contributed by atoms with Gasteiger partial charge in [-0.05, 0) is 12.5 Å². The van der Waals surface area contributed by atoms with Gasteiger partial charge in [0, 0.05) is 18.1 Å². The zero-order valence-corrected chi connectivity index (χ0v) is 11.1. The molecular formula is C13H16N2O2S. The van der Waals surface area contributed by atoms with Gasteiger partial charge in [-0.1, -0.05) is 29.8 Å². The molecule has 4 nitrogen and oxygen atoms in total. The molecule has 1 fully saturated rings. The van der Waals surface area contributed by atoms with E-state index in [9.17, 15) is 9.59 Å². The first-order valence-electron chi connectivity index (χ1n) is 5.88. The first-order chi connectivity index (χ1) is 8.66. The summed E-state index contributed by atoms with van der Waals surface area (Å²) < 4.78 is 0. The summed E-state index contributed by atoms with van der Waals surface area (Å²) >= 11 is 1.73. The van der Waals surface area contributed by atoms with Crippen molar-refractivity contribution >= 4 is 23.7 Å². The van der Waals surface area contributed by atoms with Crippen molar-refractivity contribution in [1.82, 2.24) is 10.2 Å². The second-order valence-electron chi connectivity index (χ2n) is 4.24. The number of nitrogens with zero attached hydrogens (tertiary/aromatic N) is 1. The van der Waals surface area contributed by atoms with Crippen molar-refractivity contribution < 1.29 is 9.59 Å². The van der Waals surface area contributed by atoms with Crippen LogP contribution in [0.15, 0.2) is 24.3 Å². The number of benzene rings is 1. The van der Waals surface area contributed by atoms with Crippen molar-refractivity contribution in [1.29, 1.82) is 0 Å². The summed E-state index contributed by atoms with van der Waals surface area (Å²) in [7, 11) is 0. The number of thioether (sulfide) groups is 1. The van der Waals surface area contributed by atoms with Crippen LogP contribution < -0.4 is 5.32 Å². The van der Waals surface area contributed by atoms with Gasteiger partial charge < -0.3 is 5.32 Å². The van der Waals surface area contributed by atoms with Crippen LogP contribution >= 0.6 is 11.8 Å². The second-order valence-corrected chi connectivity index (χ2v) is 5.35. The Bertz CT molecular complexity index is 429. The van der Waals surface area contributed by atoms with Crippen LogP contribution in [0.4, 0.5) is 4.79 Å². The number of amides is 3. The van der Waals surface area contributed by atoms with Crippen molar-refractivity contribution in [3.05, 3.63) is 35.4 Å². The molecule has 1 saturated heterocycles. The highest BCUT2D eigenvalue weighted by molar-refractivity contribution is 7.98. The Morgan fingerprint density at radius 2 is 2.00 bits per heavy atom. The molecular weight excluding hydrogens is 248 g/mol. The zero-order valence-electron chi connectivity index (χ0n) is 10.3. The van der Waals surface area contributed by atoms with Crippen LogP contribution in [-0.4, -0.2) is 35.7 Å². The Morgan fingerprint density at radius 3 is 2.61 bits per heavy atom.